The van der Waals surface area contributed by atoms with Crippen LogP contribution in [0, 0.1) is 0 Å². The summed E-state index contributed by atoms with van der Waals surface area (Å²) in [5.41, 5.74) is 10.2. The second-order valence-electron chi connectivity index (χ2n) is 6.69. The molecule has 3 N–H and O–H groups in total. The Morgan fingerprint density at radius 2 is 1.75 bits per heavy atom. The van der Waals surface area contributed by atoms with Crippen molar-refractivity contribution in [3.8, 4) is 22.5 Å². The highest BCUT2D eigenvalue weighted by Gasteiger charge is 2.19. The van der Waals surface area contributed by atoms with Crippen molar-refractivity contribution in [1.29, 1.82) is 0 Å². The normalized spacial score (nSPS) is 11.2. The molecule has 0 fully saturated rings. The molecule has 1 amide bonds. The average molecular weight is 374 g/mol. The summed E-state index contributed by atoms with van der Waals surface area (Å²) >= 11 is 0. The number of para-hydroxylation sites is 1. The molecule has 0 atom stereocenters. The lowest BCUT2D eigenvalue weighted by molar-refractivity contribution is -0.118. The average Bonchev–Trinajstić information content (AvgIpc) is 3.28. The van der Waals surface area contributed by atoms with Crippen molar-refractivity contribution in [1.82, 2.24) is 14.1 Å². The van der Waals surface area contributed by atoms with Gasteiger partial charge in [-0.3, -0.25) is 4.79 Å². The number of carbonyl (C=O) groups excluding carboxylic acids is 1. The van der Waals surface area contributed by atoms with Gasteiger partial charge >= 0.3 is 0 Å². The van der Waals surface area contributed by atoms with Crippen LogP contribution in [-0.4, -0.2) is 31.7 Å². The molecule has 142 valence electrons. The Bertz CT molecular complexity index is 1110. The maximum atomic E-state index is 11.3. The van der Waals surface area contributed by atoms with E-state index in [9.17, 15) is 9.90 Å². The molecule has 0 saturated heterocycles. The Kier molecular flexibility index (Phi) is 4.95. The molecule has 0 unspecified atom stereocenters. The molecule has 4 rings (SSSR count). The van der Waals surface area contributed by atoms with Crippen LogP contribution < -0.4 is 5.73 Å². The number of hydrogen-bond donors (Lipinski definition) is 2. The minimum atomic E-state index is -0.324. The third-order valence-corrected chi connectivity index (χ3v) is 4.87. The Balaban J connectivity index is 1.92. The molecular formula is C22H22N4O2. The number of nitrogens with two attached hydrogens (primary N) is 1. The lowest BCUT2D eigenvalue weighted by Crippen LogP contribution is -2.13. The number of carbonyl (C=O) groups is 1. The summed E-state index contributed by atoms with van der Waals surface area (Å²) in [5, 5.41) is 10.6. The number of imidazole rings is 1. The second-order valence-corrected chi connectivity index (χ2v) is 6.69. The molecule has 6 nitrogen and oxygen atoms in total. The van der Waals surface area contributed by atoms with Crippen LogP contribution >= 0.6 is 0 Å². The van der Waals surface area contributed by atoms with E-state index in [4.69, 9.17) is 5.73 Å². The Morgan fingerprint density at radius 3 is 2.50 bits per heavy atom. The summed E-state index contributed by atoms with van der Waals surface area (Å²) in [6.07, 6.45) is 4.09. The first kappa shape index (κ1) is 18.0. The van der Waals surface area contributed by atoms with Crippen LogP contribution in [0.2, 0.25) is 0 Å². The minimum absolute atomic E-state index is 0.0257. The molecular weight excluding hydrogens is 352 g/mol. The summed E-state index contributed by atoms with van der Waals surface area (Å²) in [6, 6.07) is 18.1. The van der Waals surface area contributed by atoms with E-state index in [-0.39, 0.29) is 18.9 Å². The minimum Gasteiger partial charge on any atom is -0.395 e. The zero-order chi connectivity index (χ0) is 19.5. The fraction of sp³-hybridized carbons (Fsp3) is 0.182. The van der Waals surface area contributed by atoms with Crippen LogP contribution in [0.4, 0.5) is 0 Å². The number of benzene rings is 2. The first-order valence-corrected chi connectivity index (χ1v) is 9.27. The zero-order valence-corrected chi connectivity index (χ0v) is 15.5. The number of hydrogen-bond acceptors (Lipinski definition) is 3. The number of fused-ring (bicyclic) bond motifs is 1. The molecule has 2 aromatic heterocycles. The number of aliphatic hydroxyl groups excluding tert-OH is 1. The highest BCUT2D eigenvalue weighted by Crippen LogP contribution is 2.36. The highest BCUT2D eigenvalue weighted by atomic mass is 16.3. The number of aliphatic hydroxyl groups is 1. The maximum Gasteiger partial charge on any atom is 0.219 e. The summed E-state index contributed by atoms with van der Waals surface area (Å²) < 4.78 is 4.03. The van der Waals surface area contributed by atoms with Gasteiger partial charge in [0.15, 0.2) is 0 Å². The number of primary amides is 1. The predicted octanol–water partition coefficient (Wildman–Crippen LogP) is 3.04. The molecule has 0 saturated carbocycles. The van der Waals surface area contributed by atoms with E-state index in [2.05, 4.69) is 15.6 Å². The largest absolute Gasteiger partial charge is 0.395 e. The molecule has 2 heterocycles. The smallest absolute Gasteiger partial charge is 0.219 e. The van der Waals surface area contributed by atoms with Crippen molar-refractivity contribution in [3.63, 3.8) is 0 Å². The van der Waals surface area contributed by atoms with Crippen molar-refractivity contribution < 1.29 is 9.90 Å². The molecule has 0 spiro atoms. The quantitative estimate of drug-likeness (QED) is 0.521. The molecule has 0 bridgehead atoms. The summed E-state index contributed by atoms with van der Waals surface area (Å²) in [4.78, 5) is 15.9. The van der Waals surface area contributed by atoms with E-state index in [1.54, 1.807) is 6.33 Å². The third kappa shape index (κ3) is 3.30. The van der Waals surface area contributed by atoms with Gasteiger partial charge in [0.05, 0.1) is 24.3 Å². The maximum absolute atomic E-state index is 11.3. The Morgan fingerprint density at radius 1 is 1.00 bits per heavy atom. The van der Waals surface area contributed by atoms with E-state index >= 15 is 0 Å². The van der Waals surface area contributed by atoms with Crippen LogP contribution in [-0.2, 0) is 17.9 Å². The Labute approximate surface area is 162 Å². The molecule has 0 aliphatic rings. The van der Waals surface area contributed by atoms with Crippen molar-refractivity contribution in [2.45, 2.75) is 19.5 Å². The van der Waals surface area contributed by atoms with Gasteiger partial charge in [-0.2, -0.15) is 0 Å². The SMILES string of the molecule is NC(=O)CCn1cc(-c2c(-c3ccccc3)ncn2CCO)c2ccccc21. The van der Waals surface area contributed by atoms with E-state index in [0.29, 0.717) is 13.1 Å². The molecule has 0 radical (unpaired) electrons. The van der Waals surface area contributed by atoms with Gasteiger partial charge in [-0.15, -0.1) is 0 Å². The summed E-state index contributed by atoms with van der Waals surface area (Å²) in [7, 11) is 0. The Hall–Kier alpha value is -3.38. The fourth-order valence-corrected chi connectivity index (χ4v) is 3.60. The third-order valence-electron chi connectivity index (χ3n) is 4.87. The van der Waals surface area contributed by atoms with E-state index in [1.807, 2.05) is 59.3 Å². The van der Waals surface area contributed by atoms with E-state index < -0.39 is 0 Å². The molecule has 0 aliphatic carbocycles. The van der Waals surface area contributed by atoms with Crippen LogP contribution in [0.5, 0.6) is 0 Å². The number of rotatable bonds is 7. The van der Waals surface area contributed by atoms with Gasteiger partial charge in [-0.05, 0) is 6.07 Å². The van der Waals surface area contributed by atoms with Crippen molar-refractivity contribution in [3.05, 3.63) is 67.1 Å². The number of amides is 1. The van der Waals surface area contributed by atoms with Gasteiger partial charge in [-0.1, -0.05) is 48.5 Å². The van der Waals surface area contributed by atoms with Crippen LogP contribution in [0.25, 0.3) is 33.4 Å². The number of aryl methyl sites for hydroxylation is 1. The molecule has 6 heteroatoms. The summed E-state index contributed by atoms with van der Waals surface area (Å²) in [5.74, 6) is -0.324. The molecule has 28 heavy (non-hydrogen) atoms. The van der Waals surface area contributed by atoms with Crippen molar-refractivity contribution >= 4 is 16.8 Å². The zero-order valence-electron chi connectivity index (χ0n) is 15.5. The predicted molar refractivity (Wildman–Crippen MR) is 109 cm³/mol. The molecule has 0 aliphatic heterocycles. The summed E-state index contributed by atoms with van der Waals surface area (Å²) in [6.45, 7) is 0.999. The fourth-order valence-electron chi connectivity index (χ4n) is 3.60. The first-order chi connectivity index (χ1) is 13.7. The van der Waals surface area contributed by atoms with E-state index in [1.165, 1.54) is 0 Å². The van der Waals surface area contributed by atoms with E-state index in [0.717, 1.165) is 33.4 Å². The van der Waals surface area contributed by atoms with Crippen molar-refractivity contribution in [2.75, 3.05) is 6.61 Å². The lowest BCUT2D eigenvalue weighted by Gasteiger charge is -2.09. The molecule has 2 aromatic carbocycles. The number of nitrogens with zero attached hydrogens (tertiary/aromatic N) is 3. The highest BCUT2D eigenvalue weighted by molar-refractivity contribution is 5.98. The van der Waals surface area contributed by atoms with Crippen LogP contribution in [0.3, 0.4) is 0 Å². The van der Waals surface area contributed by atoms with Crippen LogP contribution in [0.15, 0.2) is 67.1 Å². The van der Waals surface area contributed by atoms with Gasteiger partial charge in [0.1, 0.15) is 0 Å². The van der Waals surface area contributed by atoms with Gasteiger partial charge in [-0.25, -0.2) is 4.98 Å². The van der Waals surface area contributed by atoms with Crippen molar-refractivity contribution in [2.24, 2.45) is 5.73 Å². The standard InChI is InChI=1S/C22H22N4O2/c23-20(28)10-11-25-14-18(17-8-4-5-9-19(17)25)22-21(16-6-2-1-3-7-16)24-15-26(22)12-13-27/h1-9,14-15,27H,10-13H2,(H2,23,28). The van der Waals surface area contributed by atoms with Gasteiger partial charge in [0, 0.05) is 47.7 Å². The lowest BCUT2D eigenvalue weighted by atomic mass is 10.0. The van der Waals surface area contributed by atoms with Crippen LogP contribution in [0.1, 0.15) is 6.42 Å². The van der Waals surface area contributed by atoms with Gasteiger partial charge < -0.3 is 20.0 Å². The monoisotopic (exact) mass is 374 g/mol. The topological polar surface area (TPSA) is 86.1 Å². The second kappa shape index (κ2) is 7.70. The number of aromatic nitrogens is 3. The molecule has 4 aromatic rings. The first-order valence-electron chi connectivity index (χ1n) is 9.27. The van der Waals surface area contributed by atoms with Gasteiger partial charge in [0.25, 0.3) is 0 Å². The van der Waals surface area contributed by atoms with Gasteiger partial charge in [0.2, 0.25) is 5.91 Å².